The minimum absolute atomic E-state index is 0.0107. The lowest BCUT2D eigenvalue weighted by molar-refractivity contribution is -0.121. The Hall–Kier alpha value is -1.78. The highest BCUT2D eigenvalue weighted by molar-refractivity contribution is 5.94. The molecular formula is C15H22N2O3. The van der Waals surface area contributed by atoms with E-state index in [9.17, 15) is 9.59 Å². The molecule has 0 aromatic carbocycles. The third kappa shape index (κ3) is 4.40. The van der Waals surface area contributed by atoms with Crippen molar-refractivity contribution in [1.82, 2.24) is 10.6 Å². The van der Waals surface area contributed by atoms with E-state index in [0.29, 0.717) is 30.5 Å². The average Bonchev–Trinajstić information content (AvgIpc) is 2.92. The summed E-state index contributed by atoms with van der Waals surface area (Å²) in [6.07, 6.45) is 7.72. The van der Waals surface area contributed by atoms with Crippen molar-refractivity contribution >= 4 is 11.8 Å². The van der Waals surface area contributed by atoms with E-state index >= 15 is 0 Å². The molecule has 110 valence electrons. The van der Waals surface area contributed by atoms with Gasteiger partial charge in [0.2, 0.25) is 5.91 Å². The van der Waals surface area contributed by atoms with Crippen LogP contribution in [-0.2, 0) is 4.79 Å². The van der Waals surface area contributed by atoms with Gasteiger partial charge in [-0.25, -0.2) is 0 Å². The topological polar surface area (TPSA) is 71.3 Å². The fourth-order valence-electron chi connectivity index (χ4n) is 2.65. The smallest absolute Gasteiger partial charge is 0.254 e. The molecule has 1 aliphatic rings. The second-order valence-electron chi connectivity index (χ2n) is 5.55. The second-order valence-corrected chi connectivity index (χ2v) is 5.55. The summed E-state index contributed by atoms with van der Waals surface area (Å²) in [5.74, 6) is 0.490. The lowest BCUT2D eigenvalue weighted by Crippen LogP contribution is -2.39. The van der Waals surface area contributed by atoms with Crippen LogP contribution in [0.1, 0.15) is 49.4 Å². The summed E-state index contributed by atoms with van der Waals surface area (Å²) in [5, 5.41) is 5.75. The van der Waals surface area contributed by atoms with Crippen LogP contribution >= 0.6 is 0 Å². The highest BCUT2D eigenvalue weighted by atomic mass is 16.3. The van der Waals surface area contributed by atoms with Crippen LogP contribution in [0.2, 0.25) is 0 Å². The number of rotatable bonds is 5. The fourth-order valence-corrected chi connectivity index (χ4v) is 2.65. The largest absolute Gasteiger partial charge is 0.472 e. The molecule has 0 saturated heterocycles. The van der Waals surface area contributed by atoms with Crippen molar-refractivity contribution in [2.24, 2.45) is 5.92 Å². The number of amides is 2. The van der Waals surface area contributed by atoms with Gasteiger partial charge in [0.15, 0.2) is 0 Å². The summed E-state index contributed by atoms with van der Waals surface area (Å²) in [6, 6.07) is 1.90. The maximum absolute atomic E-state index is 11.8. The van der Waals surface area contributed by atoms with Gasteiger partial charge in [-0.15, -0.1) is 0 Å². The maximum atomic E-state index is 11.8. The predicted molar refractivity (Wildman–Crippen MR) is 75.2 cm³/mol. The average molecular weight is 278 g/mol. The monoisotopic (exact) mass is 278 g/mol. The second kappa shape index (κ2) is 7.12. The predicted octanol–water partition coefficient (Wildman–Crippen LogP) is 2.09. The molecule has 0 radical (unpaired) electrons. The fraction of sp³-hybridized carbons (Fsp3) is 0.600. The van der Waals surface area contributed by atoms with Gasteiger partial charge in [-0.2, -0.15) is 0 Å². The minimum Gasteiger partial charge on any atom is -0.472 e. The molecule has 0 spiro atoms. The highest BCUT2D eigenvalue weighted by Gasteiger charge is 2.20. The molecule has 2 amide bonds. The molecule has 0 bridgehead atoms. The van der Waals surface area contributed by atoms with Gasteiger partial charge in [-0.05, 0) is 24.8 Å². The number of hydrogen-bond donors (Lipinski definition) is 2. The first kappa shape index (κ1) is 14.6. The van der Waals surface area contributed by atoms with Gasteiger partial charge < -0.3 is 15.1 Å². The van der Waals surface area contributed by atoms with Crippen LogP contribution in [0.15, 0.2) is 23.0 Å². The lowest BCUT2D eigenvalue weighted by atomic mass is 9.87. The Kier molecular flexibility index (Phi) is 5.21. The third-order valence-electron chi connectivity index (χ3n) is 3.72. The number of hydrogen-bond acceptors (Lipinski definition) is 3. The Morgan fingerprint density at radius 2 is 2.25 bits per heavy atom. The van der Waals surface area contributed by atoms with Crippen LogP contribution in [0, 0.1) is 5.92 Å². The molecule has 1 saturated carbocycles. The molecule has 1 aliphatic carbocycles. The summed E-state index contributed by atoms with van der Waals surface area (Å²) < 4.78 is 4.83. The zero-order valence-electron chi connectivity index (χ0n) is 11.9. The van der Waals surface area contributed by atoms with Gasteiger partial charge in [0.25, 0.3) is 5.91 Å². The first-order valence-electron chi connectivity index (χ1n) is 7.25. The Morgan fingerprint density at radius 1 is 1.40 bits per heavy atom. The van der Waals surface area contributed by atoms with Crippen LogP contribution in [0.5, 0.6) is 0 Å². The number of carbonyl (C=O) groups excluding carboxylic acids is 2. The molecule has 2 N–H and O–H groups in total. The number of furan rings is 1. The maximum Gasteiger partial charge on any atom is 0.254 e. The van der Waals surface area contributed by atoms with E-state index in [1.165, 1.54) is 25.4 Å². The van der Waals surface area contributed by atoms with Crippen molar-refractivity contribution in [3.05, 3.63) is 24.2 Å². The minimum atomic E-state index is -0.210. The van der Waals surface area contributed by atoms with Crippen molar-refractivity contribution in [3.8, 4) is 0 Å². The third-order valence-corrected chi connectivity index (χ3v) is 3.72. The van der Waals surface area contributed by atoms with Gasteiger partial charge in [0, 0.05) is 19.0 Å². The van der Waals surface area contributed by atoms with Crippen molar-refractivity contribution < 1.29 is 14.0 Å². The SMILES string of the molecule is C[C@H]1CCC[C@H](NC(=O)CCNC(=O)c2ccoc2)C1. The first-order chi connectivity index (χ1) is 9.65. The zero-order valence-corrected chi connectivity index (χ0v) is 11.9. The molecule has 1 heterocycles. The van der Waals surface area contributed by atoms with Crippen LogP contribution in [0.25, 0.3) is 0 Å². The van der Waals surface area contributed by atoms with E-state index in [2.05, 4.69) is 17.6 Å². The van der Waals surface area contributed by atoms with Gasteiger partial charge in [-0.3, -0.25) is 9.59 Å². The van der Waals surface area contributed by atoms with Gasteiger partial charge >= 0.3 is 0 Å². The molecule has 1 fully saturated rings. The summed E-state index contributed by atoms with van der Waals surface area (Å²) in [4.78, 5) is 23.4. The molecule has 0 aliphatic heterocycles. The first-order valence-corrected chi connectivity index (χ1v) is 7.25. The molecule has 20 heavy (non-hydrogen) atoms. The Morgan fingerprint density at radius 3 is 2.95 bits per heavy atom. The molecule has 2 rings (SSSR count). The molecule has 0 unspecified atom stereocenters. The Bertz CT molecular complexity index is 442. The summed E-state index contributed by atoms with van der Waals surface area (Å²) in [7, 11) is 0. The van der Waals surface area contributed by atoms with Crippen molar-refractivity contribution in [2.75, 3.05) is 6.54 Å². The van der Waals surface area contributed by atoms with Crippen LogP contribution in [0.4, 0.5) is 0 Å². The molecule has 5 nitrogen and oxygen atoms in total. The summed E-state index contributed by atoms with van der Waals surface area (Å²) in [6.45, 7) is 2.57. The quantitative estimate of drug-likeness (QED) is 0.866. The van der Waals surface area contributed by atoms with Crippen molar-refractivity contribution in [1.29, 1.82) is 0 Å². The molecule has 5 heteroatoms. The Labute approximate surface area is 119 Å². The van der Waals surface area contributed by atoms with Gasteiger partial charge in [-0.1, -0.05) is 19.8 Å². The standard InChI is InChI=1S/C15H22N2O3/c1-11-3-2-4-13(9-11)17-14(18)5-7-16-15(19)12-6-8-20-10-12/h6,8,10-11,13H,2-5,7,9H2,1H3,(H,16,19)(H,17,18)/t11-,13-/m0/s1. The van der Waals surface area contributed by atoms with E-state index in [0.717, 1.165) is 12.8 Å². The van der Waals surface area contributed by atoms with Crippen LogP contribution in [-0.4, -0.2) is 24.4 Å². The van der Waals surface area contributed by atoms with E-state index < -0.39 is 0 Å². The molecule has 1 aromatic heterocycles. The van der Waals surface area contributed by atoms with Crippen LogP contribution < -0.4 is 10.6 Å². The van der Waals surface area contributed by atoms with Crippen molar-refractivity contribution in [3.63, 3.8) is 0 Å². The van der Waals surface area contributed by atoms with E-state index in [-0.39, 0.29) is 11.8 Å². The van der Waals surface area contributed by atoms with E-state index in [1.54, 1.807) is 6.07 Å². The molecule has 1 aromatic rings. The lowest BCUT2D eigenvalue weighted by Gasteiger charge is -2.27. The number of carbonyl (C=O) groups is 2. The molecular weight excluding hydrogens is 256 g/mol. The summed E-state index contributed by atoms with van der Waals surface area (Å²) in [5.41, 5.74) is 0.478. The summed E-state index contributed by atoms with van der Waals surface area (Å²) >= 11 is 0. The van der Waals surface area contributed by atoms with Crippen LogP contribution in [0.3, 0.4) is 0 Å². The van der Waals surface area contributed by atoms with E-state index in [4.69, 9.17) is 4.42 Å². The zero-order chi connectivity index (χ0) is 14.4. The highest BCUT2D eigenvalue weighted by Crippen LogP contribution is 2.23. The number of nitrogens with one attached hydrogen (secondary N) is 2. The Balaban J connectivity index is 1.64. The normalized spacial score (nSPS) is 22.2. The van der Waals surface area contributed by atoms with Crippen molar-refractivity contribution in [2.45, 2.75) is 45.1 Å². The van der Waals surface area contributed by atoms with Gasteiger partial charge in [0.1, 0.15) is 6.26 Å². The van der Waals surface area contributed by atoms with Gasteiger partial charge in [0.05, 0.1) is 11.8 Å². The molecule has 2 atom stereocenters. The van der Waals surface area contributed by atoms with E-state index in [1.807, 2.05) is 0 Å².